The lowest BCUT2D eigenvalue weighted by Crippen LogP contribution is -2.01. The van der Waals surface area contributed by atoms with Gasteiger partial charge in [0.15, 0.2) is 5.78 Å². The van der Waals surface area contributed by atoms with Gasteiger partial charge in [0, 0.05) is 1.43 Å². The SMILES string of the molecule is C=CCC.CC#C/C(=C\C(=N)c1ccc(C)cc1)C(C)=O.CC1CC1.[HH]. The maximum atomic E-state index is 11.3. The molecule has 1 aromatic rings. The number of carbonyl (C=O) groups is 1. The van der Waals surface area contributed by atoms with Gasteiger partial charge < -0.3 is 5.41 Å². The van der Waals surface area contributed by atoms with Crippen LogP contribution in [0.5, 0.6) is 0 Å². The second kappa shape index (κ2) is 13.0. The molecule has 136 valence electrons. The van der Waals surface area contributed by atoms with E-state index in [-0.39, 0.29) is 7.21 Å². The Morgan fingerprint density at radius 3 is 2.16 bits per heavy atom. The van der Waals surface area contributed by atoms with Crippen molar-refractivity contribution in [3.63, 3.8) is 0 Å². The molecule has 2 rings (SSSR count). The Morgan fingerprint density at radius 1 is 1.36 bits per heavy atom. The molecule has 1 saturated carbocycles. The molecule has 0 heterocycles. The van der Waals surface area contributed by atoms with Crippen LogP contribution in [0.15, 0.2) is 48.6 Å². The summed E-state index contributed by atoms with van der Waals surface area (Å²) in [6.45, 7) is 12.9. The van der Waals surface area contributed by atoms with E-state index in [1.54, 1.807) is 6.92 Å². The molecule has 0 spiro atoms. The van der Waals surface area contributed by atoms with Gasteiger partial charge in [0.2, 0.25) is 0 Å². The summed E-state index contributed by atoms with van der Waals surface area (Å²) in [7, 11) is 0. The zero-order valence-corrected chi connectivity index (χ0v) is 16.3. The highest BCUT2D eigenvalue weighted by atomic mass is 16.1. The molecule has 0 bridgehead atoms. The summed E-state index contributed by atoms with van der Waals surface area (Å²) in [6.07, 6.45) is 7.45. The van der Waals surface area contributed by atoms with Crippen molar-refractivity contribution in [2.45, 2.75) is 53.9 Å². The van der Waals surface area contributed by atoms with Crippen LogP contribution in [0, 0.1) is 30.1 Å². The van der Waals surface area contributed by atoms with E-state index < -0.39 is 0 Å². The first-order valence-corrected chi connectivity index (χ1v) is 8.77. The first-order valence-electron chi connectivity index (χ1n) is 8.77. The molecule has 0 atom stereocenters. The minimum Gasteiger partial charge on any atom is -0.300 e. The van der Waals surface area contributed by atoms with Crippen LogP contribution in [0.4, 0.5) is 0 Å². The molecule has 1 aromatic carbocycles. The van der Waals surface area contributed by atoms with Crippen LogP contribution in [0.3, 0.4) is 0 Å². The van der Waals surface area contributed by atoms with Gasteiger partial charge in [-0.05, 0) is 44.7 Å². The van der Waals surface area contributed by atoms with Gasteiger partial charge in [-0.25, -0.2) is 0 Å². The van der Waals surface area contributed by atoms with Crippen molar-refractivity contribution in [3.8, 4) is 11.8 Å². The summed E-state index contributed by atoms with van der Waals surface area (Å²) in [5, 5.41) is 7.91. The van der Waals surface area contributed by atoms with Crippen LogP contribution in [-0.4, -0.2) is 11.5 Å². The van der Waals surface area contributed by atoms with Crippen molar-refractivity contribution in [1.29, 1.82) is 5.41 Å². The summed E-state index contributed by atoms with van der Waals surface area (Å²) in [6, 6.07) is 7.61. The van der Waals surface area contributed by atoms with Crippen molar-refractivity contribution >= 4 is 11.5 Å². The molecule has 0 amide bonds. The van der Waals surface area contributed by atoms with Gasteiger partial charge in [-0.2, -0.15) is 0 Å². The monoisotopic (exact) mass is 339 g/mol. The average molecular weight is 340 g/mol. The number of nitrogens with one attached hydrogen (secondary N) is 1. The summed E-state index contributed by atoms with van der Waals surface area (Å²) >= 11 is 0. The Bertz CT molecular complexity index is 656. The van der Waals surface area contributed by atoms with Gasteiger partial charge in [0.05, 0.1) is 11.3 Å². The van der Waals surface area contributed by atoms with Gasteiger partial charge in [-0.1, -0.05) is 68.5 Å². The van der Waals surface area contributed by atoms with Gasteiger partial charge in [0.1, 0.15) is 0 Å². The van der Waals surface area contributed by atoms with E-state index in [1.807, 2.05) is 37.3 Å². The fourth-order valence-corrected chi connectivity index (χ4v) is 1.49. The highest BCUT2D eigenvalue weighted by Crippen LogP contribution is 2.26. The number of carbonyl (C=O) groups excluding carboxylic acids is 1. The summed E-state index contributed by atoms with van der Waals surface area (Å²) in [5.41, 5.74) is 2.61. The Morgan fingerprint density at radius 2 is 1.84 bits per heavy atom. The van der Waals surface area contributed by atoms with Gasteiger partial charge >= 0.3 is 0 Å². The molecule has 1 aliphatic carbocycles. The van der Waals surface area contributed by atoms with Crippen LogP contribution in [-0.2, 0) is 4.79 Å². The number of ketones is 1. The number of allylic oxidation sites excluding steroid dienone is 3. The highest BCUT2D eigenvalue weighted by Gasteiger charge is 2.12. The first kappa shape index (κ1) is 22.6. The predicted octanol–water partition coefficient (Wildman–Crippen LogP) is 6.15. The van der Waals surface area contributed by atoms with Crippen LogP contribution < -0.4 is 0 Å². The molecule has 1 aliphatic rings. The minimum absolute atomic E-state index is 0. The maximum absolute atomic E-state index is 11.3. The van der Waals surface area contributed by atoms with Crippen molar-refractivity contribution in [2.24, 2.45) is 5.92 Å². The van der Waals surface area contributed by atoms with Gasteiger partial charge in [0.25, 0.3) is 0 Å². The minimum atomic E-state index is -0.115. The quantitative estimate of drug-likeness (QED) is 0.304. The van der Waals surface area contributed by atoms with Crippen LogP contribution in [0.25, 0.3) is 0 Å². The average Bonchev–Trinajstić information content (AvgIpc) is 3.38. The number of aryl methyl sites for hydroxylation is 1. The third kappa shape index (κ3) is 11.7. The second-order valence-electron chi connectivity index (χ2n) is 6.15. The molecule has 0 aromatic heterocycles. The van der Waals surface area contributed by atoms with Gasteiger partial charge in [-0.3, -0.25) is 4.79 Å². The standard InChI is InChI=1S/C15H15NO.2C4H8.H2/c1-4-5-14(12(3)17)10-15(16)13-8-6-11(2)7-9-13;1-4-2-3-4;1-3-4-2;/h6-10,16H,1-3H3;4H,2-3H2,1H3;3H,1,4H2,2H3;1H/b14-10+,16-15?;;;. The maximum Gasteiger partial charge on any atom is 0.168 e. The summed E-state index contributed by atoms with van der Waals surface area (Å²) < 4.78 is 0. The first-order chi connectivity index (χ1) is 11.8. The van der Waals surface area contributed by atoms with E-state index in [0.29, 0.717) is 11.3 Å². The van der Waals surface area contributed by atoms with E-state index in [1.165, 1.54) is 25.8 Å². The normalized spacial score (nSPS) is 12.3. The summed E-state index contributed by atoms with van der Waals surface area (Å²) in [4.78, 5) is 11.3. The fraction of sp³-hybridized carbons (Fsp3) is 0.391. The largest absolute Gasteiger partial charge is 0.300 e. The topological polar surface area (TPSA) is 40.9 Å². The van der Waals surface area contributed by atoms with Crippen LogP contribution in [0.2, 0.25) is 0 Å². The van der Waals surface area contributed by atoms with E-state index in [4.69, 9.17) is 5.41 Å². The number of hydrogen-bond donors (Lipinski definition) is 1. The molecule has 0 saturated heterocycles. The highest BCUT2D eigenvalue weighted by molar-refractivity contribution is 6.12. The van der Waals surface area contributed by atoms with Crippen molar-refractivity contribution in [2.75, 3.05) is 0 Å². The molecule has 2 heteroatoms. The molecule has 0 aliphatic heterocycles. The van der Waals surface area contributed by atoms with Crippen LogP contribution >= 0.6 is 0 Å². The second-order valence-corrected chi connectivity index (χ2v) is 6.15. The Labute approximate surface area is 155 Å². The zero-order chi connectivity index (χ0) is 19.2. The molecule has 0 unspecified atom stereocenters. The van der Waals surface area contributed by atoms with Crippen molar-refractivity contribution in [1.82, 2.24) is 0 Å². The van der Waals surface area contributed by atoms with E-state index >= 15 is 0 Å². The third-order valence-electron chi connectivity index (χ3n) is 3.44. The molecular weight excluding hydrogens is 306 g/mol. The number of benzene rings is 1. The molecule has 2 nitrogen and oxygen atoms in total. The predicted molar refractivity (Wildman–Crippen MR) is 111 cm³/mol. The van der Waals surface area contributed by atoms with E-state index in [2.05, 4.69) is 32.3 Å². The molecular formula is C23H33NO. The summed E-state index contributed by atoms with van der Waals surface area (Å²) in [5.74, 6) is 6.36. The number of Topliss-reactive ketones (excluding diaryl/α,β-unsaturated/α-hetero) is 1. The van der Waals surface area contributed by atoms with Gasteiger partial charge in [-0.15, -0.1) is 12.5 Å². The van der Waals surface area contributed by atoms with Crippen molar-refractivity contribution in [3.05, 3.63) is 59.7 Å². The lowest BCUT2D eigenvalue weighted by atomic mass is 10.0. The Hall–Kier alpha value is -2.40. The zero-order valence-electron chi connectivity index (χ0n) is 16.3. The lowest BCUT2D eigenvalue weighted by molar-refractivity contribution is -0.113. The number of rotatable bonds is 4. The molecule has 1 N–H and O–H groups in total. The molecule has 25 heavy (non-hydrogen) atoms. The van der Waals surface area contributed by atoms with Crippen LogP contribution in [0.1, 0.15) is 59.5 Å². The Kier molecular flexibility index (Phi) is 11.7. The lowest BCUT2D eigenvalue weighted by Gasteiger charge is -2.00. The van der Waals surface area contributed by atoms with E-state index in [0.717, 1.165) is 23.5 Å². The fourth-order valence-electron chi connectivity index (χ4n) is 1.49. The number of hydrogen-bond acceptors (Lipinski definition) is 2. The van der Waals surface area contributed by atoms with E-state index in [9.17, 15) is 4.79 Å². The Balaban J connectivity index is 0. The molecule has 1 fully saturated rings. The third-order valence-corrected chi connectivity index (χ3v) is 3.44. The van der Waals surface area contributed by atoms with Crippen molar-refractivity contribution < 1.29 is 6.22 Å². The molecule has 0 radical (unpaired) electrons. The smallest absolute Gasteiger partial charge is 0.168 e.